The number of halogens is 1. The summed E-state index contributed by atoms with van der Waals surface area (Å²) >= 11 is 5.24. The number of likely N-dealkylation sites (tertiary alicyclic amines) is 1. The molecule has 1 fully saturated rings. The second kappa shape index (κ2) is 7.49. The highest BCUT2D eigenvalue weighted by Crippen LogP contribution is 2.20. The second-order valence-electron chi connectivity index (χ2n) is 5.68. The highest BCUT2D eigenvalue weighted by atomic mass is 35.5. The Balaban J connectivity index is 2.54. The molecule has 0 radical (unpaired) electrons. The van der Waals surface area contributed by atoms with E-state index >= 15 is 0 Å². The number of hydrogen-bond donors (Lipinski definition) is 1. The van der Waals surface area contributed by atoms with Crippen LogP contribution >= 0.6 is 11.6 Å². The quantitative estimate of drug-likeness (QED) is 0.622. The van der Waals surface area contributed by atoms with Crippen LogP contribution in [0.3, 0.4) is 0 Å². The van der Waals surface area contributed by atoms with Gasteiger partial charge in [0.2, 0.25) is 5.91 Å². The van der Waals surface area contributed by atoms with Crippen LogP contribution in [-0.2, 0) is 19.1 Å². The third kappa shape index (κ3) is 5.79. The summed E-state index contributed by atoms with van der Waals surface area (Å²) in [4.78, 5) is 36.6. The van der Waals surface area contributed by atoms with Crippen LogP contribution in [0.4, 0.5) is 4.79 Å². The Hall–Kier alpha value is -1.50. The molecule has 21 heavy (non-hydrogen) atoms. The third-order valence-corrected chi connectivity index (χ3v) is 2.92. The van der Waals surface area contributed by atoms with Crippen LogP contribution in [0.2, 0.25) is 0 Å². The Morgan fingerprint density at radius 1 is 1.33 bits per heavy atom. The molecule has 1 atom stereocenters. The summed E-state index contributed by atoms with van der Waals surface area (Å²) in [5.41, 5.74) is -0.620. The number of esters is 1. The molecule has 0 aliphatic carbocycles. The van der Waals surface area contributed by atoms with Crippen LogP contribution in [-0.4, -0.2) is 53.7 Å². The maximum atomic E-state index is 12.0. The van der Waals surface area contributed by atoms with Crippen molar-refractivity contribution in [1.82, 2.24) is 10.2 Å². The zero-order chi connectivity index (χ0) is 16.0. The van der Waals surface area contributed by atoms with E-state index in [0.29, 0.717) is 19.4 Å². The molecule has 1 N–H and O–H groups in total. The lowest BCUT2D eigenvalue weighted by Gasteiger charge is -2.27. The molecule has 0 spiro atoms. The number of nitrogens with zero attached hydrogens (tertiary/aromatic N) is 1. The summed E-state index contributed by atoms with van der Waals surface area (Å²) in [6.07, 6.45) is 0.725. The largest absolute Gasteiger partial charge is 0.448 e. The van der Waals surface area contributed by atoms with Gasteiger partial charge >= 0.3 is 12.1 Å². The van der Waals surface area contributed by atoms with Crippen molar-refractivity contribution in [1.29, 1.82) is 0 Å². The highest BCUT2D eigenvalue weighted by Gasteiger charge is 2.36. The van der Waals surface area contributed by atoms with Crippen LogP contribution in [0.25, 0.3) is 0 Å². The van der Waals surface area contributed by atoms with Crippen molar-refractivity contribution in [3.63, 3.8) is 0 Å². The first-order valence-corrected chi connectivity index (χ1v) is 7.27. The molecule has 7 nitrogen and oxygen atoms in total. The summed E-state index contributed by atoms with van der Waals surface area (Å²) in [6, 6.07) is -0.883. The molecule has 0 saturated carbocycles. The van der Waals surface area contributed by atoms with Gasteiger partial charge in [0.1, 0.15) is 18.2 Å². The Labute approximate surface area is 128 Å². The van der Waals surface area contributed by atoms with Crippen LogP contribution in [0.15, 0.2) is 0 Å². The molecule has 8 heteroatoms. The summed E-state index contributed by atoms with van der Waals surface area (Å²) < 4.78 is 9.77. The molecule has 1 unspecified atom stereocenters. The summed E-state index contributed by atoms with van der Waals surface area (Å²) in [5, 5.41) is 2.44. The molecule has 1 saturated heterocycles. The molecule has 2 amide bonds. The van der Waals surface area contributed by atoms with Gasteiger partial charge in [-0.3, -0.25) is 14.5 Å². The van der Waals surface area contributed by atoms with Crippen molar-refractivity contribution in [3.05, 3.63) is 0 Å². The van der Waals surface area contributed by atoms with E-state index in [1.165, 1.54) is 4.90 Å². The lowest BCUT2D eigenvalue weighted by molar-refractivity contribution is -0.142. The molecule has 0 aromatic heterocycles. The average Bonchev–Trinajstić information content (AvgIpc) is 2.83. The minimum absolute atomic E-state index is 0.262. The minimum Gasteiger partial charge on any atom is -0.448 e. The van der Waals surface area contributed by atoms with E-state index in [0.717, 1.165) is 0 Å². The maximum Gasteiger partial charge on any atom is 0.410 e. The first-order valence-electron chi connectivity index (χ1n) is 6.73. The lowest BCUT2D eigenvalue weighted by atomic mass is 10.2. The van der Waals surface area contributed by atoms with E-state index in [-0.39, 0.29) is 12.6 Å². The number of hydrogen-bond acceptors (Lipinski definition) is 5. The topological polar surface area (TPSA) is 84.9 Å². The predicted molar refractivity (Wildman–Crippen MR) is 75.8 cm³/mol. The van der Waals surface area contributed by atoms with Gasteiger partial charge < -0.3 is 14.8 Å². The zero-order valence-corrected chi connectivity index (χ0v) is 13.2. The number of rotatable bonds is 4. The molecule has 0 aromatic carbocycles. The van der Waals surface area contributed by atoms with Gasteiger partial charge in [-0.1, -0.05) is 11.6 Å². The fraction of sp³-hybridized carbons (Fsp3) is 0.769. The molecular weight excluding hydrogens is 300 g/mol. The van der Waals surface area contributed by atoms with E-state index < -0.39 is 29.6 Å². The third-order valence-electron chi connectivity index (χ3n) is 2.81. The number of carbonyl (C=O) groups excluding carboxylic acids is 3. The van der Waals surface area contributed by atoms with Crippen LogP contribution in [0.5, 0.6) is 0 Å². The lowest BCUT2D eigenvalue weighted by Crippen LogP contribution is -2.48. The molecule has 0 bridgehead atoms. The minimum atomic E-state index is -0.625. The number of alkyl halides is 1. The van der Waals surface area contributed by atoms with Gasteiger partial charge in [-0.2, -0.15) is 0 Å². The standard InChI is InChI=1S/C13H21ClN2O5/c1-13(2,3)21-12(19)16-6-4-5-9(16)11(18)15-7-10(17)20-8-14/h9H,4-8H2,1-3H3,(H,15,18). The second-order valence-corrected chi connectivity index (χ2v) is 5.89. The smallest absolute Gasteiger partial charge is 0.410 e. The van der Waals surface area contributed by atoms with Crippen LogP contribution in [0, 0.1) is 0 Å². The zero-order valence-electron chi connectivity index (χ0n) is 12.5. The van der Waals surface area contributed by atoms with Gasteiger partial charge in [-0.15, -0.1) is 0 Å². The normalized spacial score (nSPS) is 18.3. The molecule has 1 aliphatic heterocycles. The van der Waals surface area contributed by atoms with E-state index in [1.54, 1.807) is 20.8 Å². The Morgan fingerprint density at radius 2 is 2.00 bits per heavy atom. The Kier molecular flexibility index (Phi) is 6.26. The average molecular weight is 321 g/mol. The molecular formula is C13H21ClN2O5. The number of nitrogens with one attached hydrogen (secondary N) is 1. The van der Waals surface area contributed by atoms with Gasteiger partial charge in [0.25, 0.3) is 0 Å². The fourth-order valence-corrected chi connectivity index (χ4v) is 2.09. The summed E-state index contributed by atoms with van der Waals surface area (Å²) in [5.74, 6) is -1.02. The summed E-state index contributed by atoms with van der Waals surface area (Å²) in [7, 11) is 0. The first kappa shape index (κ1) is 17.6. The first-order chi connectivity index (χ1) is 9.74. The molecule has 1 aliphatic rings. The SMILES string of the molecule is CC(C)(C)OC(=O)N1CCCC1C(=O)NCC(=O)OCCl. The molecule has 1 heterocycles. The van der Waals surface area contributed by atoms with E-state index in [2.05, 4.69) is 10.1 Å². The predicted octanol–water partition coefficient (Wildman–Crippen LogP) is 1.24. The molecule has 120 valence electrons. The van der Waals surface area contributed by atoms with Gasteiger partial charge in [0, 0.05) is 6.54 Å². The van der Waals surface area contributed by atoms with Crippen molar-refractivity contribution in [2.24, 2.45) is 0 Å². The highest BCUT2D eigenvalue weighted by molar-refractivity contribution is 6.17. The van der Waals surface area contributed by atoms with Gasteiger partial charge in [-0.25, -0.2) is 4.79 Å². The molecule has 0 aromatic rings. The van der Waals surface area contributed by atoms with Crippen molar-refractivity contribution in [2.45, 2.75) is 45.3 Å². The van der Waals surface area contributed by atoms with E-state index in [1.807, 2.05) is 0 Å². The van der Waals surface area contributed by atoms with Crippen molar-refractivity contribution >= 4 is 29.6 Å². The van der Waals surface area contributed by atoms with E-state index in [4.69, 9.17) is 16.3 Å². The van der Waals surface area contributed by atoms with E-state index in [9.17, 15) is 14.4 Å². The number of carbonyl (C=O) groups is 3. The summed E-state index contributed by atoms with van der Waals surface area (Å²) in [6.45, 7) is 5.47. The van der Waals surface area contributed by atoms with Gasteiger partial charge in [-0.05, 0) is 33.6 Å². The number of amides is 2. The van der Waals surface area contributed by atoms with Gasteiger partial charge in [0.15, 0.2) is 6.07 Å². The van der Waals surface area contributed by atoms with Crippen molar-refractivity contribution in [3.8, 4) is 0 Å². The van der Waals surface area contributed by atoms with Gasteiger partial charge in [0.05, 0.1) is 0 Å². The molecule has 1 rings (SSSR count). The monoisotopic (exact) mass is 320 g/mol. The Bertz CT molecular complexity index is 408. The maximum absolute atomic E-state index is 12.0. The van der Waals surface area contributed by atoms with Crippen LogP contribution < -0.4 is 5.32 Å². The Morgan fingerprint density at radius 3 is 2.57 bits per heavy atom. The van der Waals surface area contributed by atoms with Crippen molar-refractivity contribution < 1.29 is 23.9 Å². The fourth-order valence-electron chi connectivity index (χ4n) is 1.97. The number of ether oxygens (including phenoxy) is 2. The van der Waals surface area contributed by atoms with Crippen molar-refractivity contribution in [2.75, 3.05) is 19.2 Å². The van der Waals surface area contributed by atoms with Crippen LogP contribution in [0.1, 0.15) is 33.6 Å².